The van der Waals surface area contributed by atoms with Crippen molar-refractivity contribution in [1.29, 1.82) is 0 Å². The van der Waals surface area contributed by atoms with Crippen LogP contribution in [0, 0.1) is 35.5 Å². The first kappa shape index (κ1) is 55.2. The molecule has 0 aromatic heterocycles. The monoisotopic (exact) mass is 847 g/mol. The van der Waals surface area contributed by atoms with E-state index in [0.29, 0.717) is 34.2 Å². The molecular formula is C52H88Cl2S2. The van der Waals surface area contributed by atoms with Gasteiger partial charge in [0.2, 0.25) is 0 Å². The van der Waals surface area contributed by atoms with Crippen molar-refractivity contribution in [2.75, 3.05) is 0 Å². The molecule has 0 aromatic rings. The third-order valence-corrected chi connectivity index (χ3v) is 14.8. The van der Waals surface area contributed by atoms with E-state index in [-0.39, 0.29) is 10.8 Å². The van der Waals surface area contributed by atoms with Crippen molar-refractivity contribution in [3.63, 3.8) is 0 Å². The molecular weight excluding hydrogens is 760 g/mol. The van der Waals surface area contributed by atoms with E-state index in [1.54, 1.807) is 0 Å². The van der Waals surface area contributed by atoms with Crippen molar-refractivity contribution in [2.24, 2.45) is 35.5 Å². The van der Waals surface area contributed by atoms with Gasteiger partial charge in [0, 0.05) is 21.3 Å². The molecule has 0 bridgehead atoms. The average Bonchev–Trinajstić information content (AvgIpc) is 3.15. The van der Waals surface area contributed by atoms with Gasteiger partial charge in [-0.25, -0.2) is 0 Å². The van der Waals surface area contributed by atoms with Crippen LogP contribution in [-0.4, -0.2) is 21.3 Å². The van der Waals surface area contributed by atoms with Crippen LogP contribution >= 0.6 is 44.8 Å². The first-order chi connectivity index (χ1) is 26.9. The number of hydrogen-bond donors (Lipinski definition) is 0. The van der Waals surface area contributed by atoms with Crippen LogP contribution in [0.2, 0.25) is 0 Å². The van der Waals surface area contributed by atoms with Gasteiger partial charge in [0.15, 0.2) is 0 Å². The van der Waals surface area contributed by atoms with Gasteiger partial charge < -0.3 is 0 Å². The van der Waals surface area contributed by atoms with Crippen molar-refractivity contribution in [1.82, 2.24) is 0 Å². The summed E-state index contributed by atoms with van der Waals surface area (Å²) in [4.78, 5) is 0. The summed E-state index contributed by atoms with van der Waals surface area (Å²) in [5.74, 6) is 3.78. The summed E-state index contributed by atoms with van der Waals surface area (Å²) in [6, 6.07) is 0. The maximum absolute atomic E-state index is 7.37. The molecule has 0 heterocycles. The van der Waals surface area contributed by atoms with Gasteiger partial charge in [0.05, 0.1) is 0 Å². The van der Waals surface area contributed by atoms with E-state index in [0.717, 1.165) is 115 Å². The first-order valence-corrected chi connectivity index (χ1v) is 25.8. The molecule has 0 N–H and O–H groups in total. The number of hydrogen-bond acceptors (Lipinski definition) is 2. The van der Waals surface area contributed by atoms with Gasteiger partial charge in [-0.2, -0.15) is 0 Å². The van der Waals surface area contributed by atoms with Crippen LogP contribution in [0.3, 0.4) is 0 Å². The minimum atomic E-state index is 0.114. The predicted molar refractivity (Wildman–Crippen MR) is 267 cm³/mol. The lowest BCUT2D eigenvalue weighted by molar-refractivity contribution is 0.538. The Morgan fingerprint density at radius 2 is 0.625 bits per heavy atom. The minimum absolute atomic E-state index is 0.114. The van der Waals surface area contributed by atoms with Crippen LogP contribution in [0.5, 0.6) is 0 Å². The highest BCUT2D eigenvalue weighted by molar-refractivity contribution is 8.77. The van der Waals surface area contributed by atoms with Crippen LogP contribution in [0.15, 0.2) is 98.2 Å². The molecule has 0 aliphatic rings. The van der Waals surface area contributed by atoms with Gasteiger partial charge in [-0.05, 0) is 151 Å². The molecule has 0 fully saturated rings. The van der Waals surface area contributed by atoms with E-state index in [4.69, 9.17) is 23.2 Å². The molecule has 322 valence electrons. The number of unbranched alkanes of at least 4 members (excludes halogenated alkanes) is 2. The number of alkyl halides is 2. The molecule has 6 unspecified atom stereocenters. The van der Waals surface area contributed by atoms with Crippen molar-refractivity contribution in [3.8, 4) is 0 Å². The number of allylic oxidation sites excluding steroid dienone is 14. The van der Waals surface area contributed by atoms with Gasteiger partial charge >= 0.3 is 0 Å². The Labute approximate surface area is 368 Å². The Morgan fingerprint density at radius 3 is 0.929 bits per heavy atom. The van der Waals surface area contributed by atoms with Crippen LogP contribution in [-0.2, 0) is 0 Å². The summed E-state index contributed by atoms with van der Waals surface area (Å²) in [5.41, 5.74) is 0. The summed E-state index contributed by atoms with van der Waals surface area (Å²) < 4.78 is 0. The SMILES string of the molecule is C=CC(C/C=C\CC(C)C)CCC(Cl)C(CC/C=C/CC/C=C\CC(C)C)SSC(CC/C=C/CC/C=C\CC(C)C)C(Cl)CCC(C=C)C/C=C\CC(C)C. The third kappa shape index (κ3) is 35.2. The lowest BCUT2D eigenvalue weighted by Crippen LogP contribution is -2.21. The zero-order chi connectivity index (χ0) is 41.8. The molecule has 0 rings (SSSR count). The van der Waals surface area contributed by atoms with E-state index in [2.05, 4.69) is 154 Å². The molecule has 0 nitrogen and oxygen atoms in total. The second-order valence-electron chi connectivity index (χ2n) is 17.6. The van der Waals surface area contributed by atoms with Crippen molar-refractivity contribution >= 4 is 44.8 Å². The molecule has 56 heavy (non-hydrogen) atoms. The molecule has 6 atom stereocenters. The highest BCUT2D eigenvalue weighted by Gasteiger charge is 2.26. The average molecular weight is 848 g/mol. The molecule has 0 amide bonds. The lowest BCUT2D eigenvalue weighted by Gasteiger charge is -2.27. The normalized spacial score (nSPS) is 16.3. The van der Waals surface area contributed by atoms with Crippen molar-refractivity contribution in [2.45, 2.75) is 192 Å². The van der Waals surface area contributed by atoms with Crippen LogP contribution in [0.4, 0.5) is 0 Å². The highest BCUT2D eigenvalue weighted by Crippen LogP contribution is 2.42. The summed E-state index contributed by atoms with van der Waals surface area (Å²) >= 11 is 14.7. The fourth-order valence-electron chi connectivity index (χ4n) is 6.13. The second-order valence-corrected chi connectivity index (χ2v) is 21.4. The molecule has 4 heteroatoms. The van der Waals surface area contributed by atoms with Gasteiger partial charge in [-0.3, -0.25) is 0 Å². The largest absolute Gasteiger partial charge is 0.122 e. The van der Waals surface area contributed by atoms with Gasteiger partial charge in [0.25, 0.3) is 0 Å². The first-order valence-electron chi connectivity index (χ1n) is 22.6. The van der Waals surface area contributed by atoms with E-state index in [1.165, 1.54) is 12.8 Å². The van der Waals surface area contributed by atoms with Crippen LogP contribution in [0.25, 0.3) is 0 Å². The Hall–Kier alpha value is -0.800. The smallest absolute Gasteiger partial charge is 0.0463 e. The molecule has 0 radical (unpaired) electrons. The molecule has 0 aliphatic carbocycles. The Bertz CT molecular complexity index is 1010. The molecule has 0 aromatic carbocycles. The summed E-state index contributed by atoms with van der Waals surface area (Å²) in [6.07, 6.45) is 52.2. The zero-order valence-electron chi connectivity index (χ0n) is 37.6. The number of rotatable bonds is 37. The van der Waals surface area contributed by atoms with Crippen molar-refractivity contribution < 1.29 is 0 Å². The fourth-order valence-corrected chi connectivity index (χ4v) is 10.8. The van der Waals surface area contributed by atoms with Crippen LogP contribution in [0.1, 0.15) is 171 Å². The Balaban J connectivity index is 5.72. The van der Waals surface area contributed by atoms with E-state index in [1.807, 2.05) is 21.6 Å². The second kappa shape index (κ2) is 38.4. The predicted octanol–water partition coefficient (Wildman–Crippen LogP) is 18.9. The van der Waals surface area contributed by atoms with Gasteiger partial charge in [0.1, 0.15) is 0 Å². The standard InChI is InChI=1S/C52H88Cl2S2/c1-11-47(35-29-27-33-45(7)8)39-41-49(53)51(37-25-21-17-13-15-19-23-31-43(3)4)55-56-52(38-26-22-18-14-16-20-24-32-44(5)6)50(54)42-40-48(12-2)36-30-28-34-46(9)10/h11-12,17-24,27-30,43-52H,1-2,13-16,25-26,31-42H2,3-10H3/b21-17+,22-18+,23-19-,24-20-,29-27-,30-28-. The molecule has 0 saturated carbocycles. The summed E-state index contributed by atoms with van der Waals surface area (Å²) in [6.45, 7) is 26.6. The van der Waals surface area contributed by atoms with E-state index < -0.39 is 0 Å². The maximum Gasteiger partial charge on any atom is 0.0463 e. The van der Waals surface area contributed by atoms with Gasteiger partial charge in [-0.1, -0.05) is 162 Å². The van der Waals surface area contributed by atoms with Crippen molar-refractivity contribution in [3.05, 3.63) is 98.2 Å². The zero-order valence-corrected chi connectivity index (χ0v) is 40.7. The Kier molecular flexibility index (Phi) is 37.9. The summed E-state index contributed by atoms with van der Waals surface area (Å²) in [7, 11) is 4.04. The lowest BCUT2D eigenvalue weighted by atomic mass is 9.96. The highest BCUT2D eigenvalue weighted by atomic mass is 35.5. The van der Waals surface area contributed by atoms with E-state index in [9.17, 15) is 0 Å². The third-order valence-electron chi connectivity index (χ3n) is 9.95. The molecule has 0 aliphatic heterocycles. The van der Waals surface area contributed by atoms with Gasteiger partial charge in [-0.15, -0.1) is 36.4 Å². The number of halogens is 2. The Morgan fingerprint density at radius 1 is 0.357 bits per heavy atom. The van der Waals surface area contributed by atoms with E-state index >= 15 is 0 Å². The fraction of sp³-hybridized carbons (Fsp3) is 0.692. The maximum atomic E-state index is 7.37. The minimum Gasteiger partial charge on any atom is -0.122 e. The topological polar surface area (TPSA) is 0 Å². The molecule has 0 saturated heterocycles. The van der Waals surface area contributed by atoms with Crippen LogP contribution < -0.4 is 0 Å². The molecule has 0 spiro atoms. The quantitative estimate of drug-likeness (QED) is 0.0264. The summed E-state index contributed by atoms with van der Waals surface area (Å²) in [5, 5.41) is 0.960.